The molecule has 0 spiro atoms. The van der Waals surface area contributed by atoms with E-state index in [1.807, 2.05) is 0 Å². The van der Waals surface area contributed by atoms with Crippen molar-refractivity contribution in [2.24, 2.45) is 5.73 Å². The molecular formula is C13H24F2N2O2. The third-order valence-corrected chi connectivity index (χ3v) is 3.40. The molecule has 0 atom stereocenters. The highest BCUT2D eigenvalue weighted by atomic mass is 19.3. The van der Waals surface area contributed by atoms with E-state index in [0.29, 0.717) is 12.8 Å². The normalized spacial score (nSPS) is 19.9. The summed E-state index contributed by atoms with van der Waals surface area (Å²) in [6.07, 6.45) is 1.88. The maximum Gasteiger partial charge on any atom is 0.408 e. The zero-order valence-electron chi connectivity index (χ0n) is 11.9. The lowest BCUT2D eigenvalue weighted by Gasteiger charge is -2.43. The van der Waals surface area contributed by atoms with Crippen LogP contribution in [0.2, 0.25) is 0 Å². The molecule has 19 heavy (non-hydrogen) atoms. The zero-order chi connectivity index (χ0) is 14.7. The van der Waals surface area contributed by atoms with Gasteiger partial charge >= 0.3 is 6.09 Å². The van der Waals surface area contributed by atoms with Gasteiger partial charge in [-0.25, -0.2) is 13.6 Å². The fourth-order valence-corrected chi connectivity index (χ4v) is 2.43. The van der Waals surface area contributed by atoms with E-state index in [1.54, 1.807) is 20.8 Å². The van der Waals surface area contributed by atoms with Crippen LogP contribution in [0.4, 0.5) is 13.6 Å². The van der Waals surface area contributed by atoms with Gasteiger partial charge in [0.1, 0.15) is 11.1 Å². The van der Waals surface area contributed by atoms with Crippen molar-refractivity contribution in [3.05, 3.63) is 0 Å². The van der Waals surface area contributed by atoms with Crippen molar-refractivity contribution in [1.29, 1.82) is 0 Å². The molecule has 0 aliphatic heterocycles. The van der Waals surface area contributed by atoms with Crippen LogP contribution in [0.3, 0.4) is 0 Å². The SMILES string of the molecule is CC(C)(C)OC(=O)NC1(C(F)(F)CN)CCCCC1. The van der Waals surface area contributed by atoms with Crippen LogP contribution >= 0.6 is 0 Å². The molecule has 6 heteroatoms. The number of nitrogens with one attached hydrogen (secondary N) is 1. The molecule has 1 amide bonds. The highest BCUT2D eigenvalue weighted by Gasteiger charge is 2.54. The molecular weight excluding hydrogens is 254 g/mol. The standard InChI is InChI=1S/C13H24F2N2O2/c1-11(2,3)19-10(18)17-12(13(14,15)9-16)7-5-4-6-8-12/h4-9,16H2,1-3H3,(H,17,18). The predicted molar refractivity (Wildman–Crippen MR) is 69.2 cm³/mol. The largest absolute Gasteiger partial charge is 0.444 e. The predicted octanol–water partition coefficient (Wildman–Crippen LogP) is 2.81. The Morgan fingerprint density at radius 1 is 1.26 bits per heavy atom. The molecule has 1 saturated carbocycles. The Bertz CT molecular complexity index is 321. The average Bonchev–Trinajstić information content (AvgIpc) is 2.27. The summed E-state index contributed by atoms with van der Waals surface area (Å²) in [4.78, 5) is 11.8. The molecule has 0 bridgehead atoms. The van der Waals surface area contributed by atoms with Crippen LogP contribution in [0, 0.1) is 0 Å². The Labute approximate surface area is 113 Å². The van der Waals surface area contributed by atoms with E-state index in [0.717, 1.165) is 6.42 Å². The first-order valence-electron chi connectivity index (χ1n) is 6.71. The minimum absolute atomic E-state index is 0.233. The lowest BCUT2D eigenvalue weighted by atomic mass is 9.77. The van der Waals surface area contributed by atoms with Crippen LogP contribution in [0.25, 0.3) is 0 Å². The maximum absolute atomic E-state index is 14.1. The monoisotopic (exact) mass is 278 g/mol. The molecule has 0 unspecified atom stereocenters. The van der Waals surface area contributed by atoms with Crippen LogP contribution in [-0.2, 0) is 4.74 Å². The Morgan fingerprint density at radius 3 is 2.21 bits per heavy atom. The van der Waals surface area contributed by atoms with Gasteiger partial charge in [-0.2, -0.15) is 0 Å². The minimum atomic E-state index is -3.12. The van der Waals surface area contributed by atoms with Crippen molar-refractivity contribution in [2.75, 3.05) is 6.54 Å². The lowest BCUT2D eigenvalue weighted by molar-refractivity contribution is -0.0972. The summed E-state index contributed by atoms with van der Waals surface area (Å²) in [6.45, 7) is 4.31. The third kappa shape index (κ3) is 4.03. The second kappa shape index (κ2) is 5.61. The smallest absolute Gasteiger partial charge is 0.408 e. The quantitative estimate of drug-likeness (QED) is 0.834. The van der Waals surface area contributed by atoms with Crippen LogP contribution in [0.5, 0.6) is 0 Å². The topological polar surface area (TPSA) is 64.3 Å². The van der Waals surface area contributed by atoms with E-state index >= 15 is 0 Å². The summed E-state index contributed by atoms with van der Waals surface area (Å²) in [6, 6.07) is 0. The van der Waals surface area contributed by atoms with Gasteiger partial charge in [0.05, 0.1) is 6.54 Å². The summed E-state index contributed by atoms with van der Waals surface area (Å²) in [5, 5.41) is 2.39. The second-order valence-corrected chi connectivity index (χ2v) is 6.18. The van der Waals surface area contributed by atoms with E-state index in [1.165, 1.54) is 0 Å². The summed E-state index contributed by atoms with van der Waals surface area (Å²) >= 11 is 0. The number of carbonyl (C=O) groups is 1. The van der Waals surface area contributed by atoms with E-state index < -0.39 is 29.7 Å². The fourth-order valence-electron chi connectivity index (χ4n) is 2.43. The number of amides is 1. The van der Waals surface area contributed by atoms with Gasteiger partial charge in [-0.3, -0.25) is 0 Å². The molecule has 1 rings (SSSR count). The van der Waals surface area contributed by atoms with Gasteiger partial charge in [-0.15, -0.1) is 0 Å². The van der Waals surface area contributed by atoms with Crippen molar-refractivity contribution in [2.45, 2.75) is 69.9 Å². The summed E-state index contributed by atoms with van der Waals surface area (Å²) in [7, 11) is 0. The van der Waals surface area contributed by atoms with Gasteiger partial charge in [0.15, 0.2) is 0 Å². The molecule has 0 saturated heterocycles. The number of alkyl halides is 2. The number of nitrogens with two attached hydrogens (primary N) is 1. The molecule has 1 aliphatic carbocycles. The Hall–Kier alpha value is -0.910. The minimum Gasteiger partial charge on any atom is -0.444 e. The highest BCUT2D eigenvalue weighted by molar-refractivity contribution is 5.69. The van der Waals surface area contributed by atoms with Crippen molar-refractivity contribution < 1.29 is 18.3 Å². The molecule has 0 aromatic heterocycles. The second-order valence-electron chi connectivity index (χ2n) is 6.18. The third-order valence-electron chi connectivity index (χ3n) is 3.40. The first-order chi connectivity index (χ1) is 8.62. The zero-order valence-corrected chi connectivity index (χ0v) is 11.9. The lowest BCUT2D eigenvalue weighted by Crippen LogP contribution is -2.64. The maximum atomic E-state index is 14.1. The number of alkyl carbamates (subject to hydrolysis) is 1. The first-order valence-corrected chi connectivity index (χ1v) is 6.71. The molecule has 0 aromatic carbocycles. The van der Waals surface area contributed by atoms with Crippen LogP contribution in [0.1, 0.15) is 52.9 Å². The Kier molecular flexibility index (Phi) is 4.76. The van der Waals surface area contributed by atoms with Crippen LogP contribution in [-0.4, -0.2) is 29.7 Å². The van der Waals surface area contributed by atoms with Gasteiger partial charge in [0, 0.05) is 0 Å². The van der Waals surface area contributed by atoms with Crippen molar-refractivity contribution in [1.82, 2.24) is 5.32 Å². The molecule has 0 heterocycles. The first kappa shape index (κ1) is 16.1. The fraction of sp³-hybridized carbons (Fsp3) is 0.923. The molecule has 1 aliphatic rings. The van der Waals surface area contributed by atoms with Crippen LogP contribution in [0.15, 0.2) is 0 Å². The van der Waals surface area contributed by atoms with Crippen molar-refractivity contribution in [3.8, 4) is 0 Å². The Morgan fingerprint density at radius 2 is 1.79 bits per heavy atom. The van der Waals surface area contributed by atoms with Gasteiger partial charge in [-0.05, 0) is 33.6 Å². The Balaban J connectivity index is 2.84. The van der Waals surface area contributed by atoms with Crippen LogP contribution < -0.4 is 11.1 Å². The molecule has 4 nitrogen and oxygen atoms in total. The summed E-state index contributed by atoms with van der Waals surface area (Å²) < 4.78 is 33.3. The number of rotatable bonds is 3. The number of halogens is 2. The van der Waals surface area contributed by atoms with Gasteiger partial charge < -0.3 is 15.8 Å². The number of carbonyl (C=O) groups excluding carboxylic acids is 1. The van der Waals surface area contributed by atoms with E-state index in [4.69, 9.17) is 10.5 Å². The molecule has 112 valence electrons. The highest BCUT2D eigenvalue weighted by Crippen LogP contribution is 2.40. The molecule has 3 N–H and O–H groups in total. The van der Waals surface area contributed by atoms with Gasteiger partial charge in [-0.1, -0.05) is 19.3 Å². The van der Waals surface area contributed by atoms with Crippen molar-refractivity contribution >= 4 is 6.09 Å². The molecule has 1 fully saturated rings. The van der Waals surface area contributed by atoms with Gasteiger partial charge in [0.2, 0.25) is 0 Å². The van der Waals surface area contributed by atoms with E-state index in [-0.39, 0.29) is 12.8 Å². The number of ether oxygens (including phenoxy) is 1. The molecule has 0 radical (unpaired) electrons. The van der Waals surface area contributed by atoms with Crippen molar-refractivity contribution in [3.63, 3.8) is 0 Å². The van der Waals surface area contributed by atoms with E-state index in [2.05, 4.69) is 5.32 Å². The molecule has 0 aromatic rings. The van der Waals surface area contributed by atoms with E-state index in [9.17, 15) is 13.6 Å². The van der Waals surface area contributed by atoms with Gasteiger partial charge in [0.25, 0.3) is 5.92 Å². The number of hydrogen-bond donors (Lipinski definition) is 2. The summed E-state index contributed by atoms with van der Waals surface area (Å²) in [5.74, 6) is -3.12. The number of hydrogen-bond acceptors (Lipinski definition) is 3. The average molecular weight is 278 g/mol. The summed E-state index contributed by atoms with van der Waals surface area (Å²) in [5.41, 5.74) is 2.91.